The third-order valence-electron chi connectivity index (χ3n) is 4.77. The Balaban J connectivity index is 1.30. The van der Waals surface area contributed by atoms with Crippen LogP contribution < -0.4 is 15.2 Å². The van der Waals surface area contributed by atoms with Crippen LogP contribution in [0, 0.1) is 0 Å². The van der Waals surface area contributed by atoms with E-state index in [-0.39, 0.29) is 10.8 Å². The van der Waals surface area contributed by atoms with Crippen LogP contribution in [0.5, 0.6) is 11.6 Å². The Morgan fingerprint density at radius 2 is 1.85 bits per heavy atom. The Labute approximate surface area is 186 Å². The zero-order valence-corrected chi connectivity index (χ0v) is 17.9. The highest BCUT2D eigenvalue weighted by Gasteiger charge is 2.17. The molecule has 0 aliphatic rings. The van der Waals surface area contributed by atoms with Crippen LogP contribution in [0.4, 0.5) is 5.69 Å². The maximum absolute atomic E-state index is 12.8. The first-order chi connectivity index (χ1) is 15.9. The highest BCUT2D eigenvalue weighted by molar-refractivity contribution is 7.92. The number of aromatic nitrogens is 5. The number of hydrogen-bond acceptors (Lipinski definition) is 8. The molecule has 5 rings (SSSR count). The minimum atomic E-state index is -3.89. The molecule has 0 saturated carbocycles. The van der Waals surface area contributed by atoms with Crippen LogP contribution in [0.25, 0.3) is 16.9 Å². The number of oxazole rings is 1. The van der Waals surface area contributed by atoms with Gasteiger partial charge in [0, 0.05) is 31.2 Å². The number of anilines is 1. The van der Waals surface area contributed by atoms with Gasteiger partial charge in [-0.05, 0) is 54.6 Å². The summed E-state index contributed by atoms with van der Waals surface area (Å²) in [5, 5.41) is 12.1. The number of ether oxygens (including phenoxy) is 1. The zero-order chi connectivity index (χ0) is 23.0. The van der Waals surface area contributed by atoms with Crippen molar-refractivity contribution in [3.8, 4) is 17.4 Å². The summed E-state index contributed by atoms with van der Waals surface area (Å²) in [6.07, 6.45) is 3.39. The van der Waals surface area contributed by atoms with E-state index in [0.717, 1.165) is 0 Å². The molecule has 3 aromatic heterocycles. The Morgan fingerprint density at radius 1 is 1.03 bits per heavy atom. The maximum Gasteiger partial charge on any atom is 0.419 e. The van der Waals surface area contributed by atoms with Gasteiger partial charge in [-0.2, -0.15) is 5.10 Å². The number of nitrogens with one attached hydrogen (secondary N) is 1. The van der Waals surface area contributed by atoms with E-state index >= 15 is 0 Å². The second-order valence-corrected chi connectivity index (χ2v) is 8.65. The molecule has 0 unspecified atom stereocenters. The third kappa shape index (κ3) is 4.06. The molecule has 0 aliphatic heterocycles. The summed E-state index contributed by atoms with van der Waals surface area (Å²) in [6.45, 7) is 0. The molecular weight excluding hydrogens is 448 g/mol. The SMILES string of the molecule is Cn1c(=O)oc2ccc(S(=O)(=O)Nc3ccc(Oc4ccc(-n5cccn5)nn4)cc3)cc21. The smallest absolute Gasteiger partial charge is 0.419 e. The number of aryl methyl sites for hydroxylation is 1. The van der Waals surface area contributed by atoms with Gasteiger partial charge in [0.15, 0.2) is 11.4 Å². The minimum absolute atomic E-state index is 0.000674. The molecule has 3 heterocycles. The van der Waals surface area contributed by atoms with E-state index in [0.29, 0.717) is 28.4 Å². The molecule has 166 valence electrons. The van der Waals surface area contributed by atoms with Gasteiger partial charge in [-0.1, -0.05) is 0 Å². The van der Waals surface area contributed by atoms with Crippen LogP contribution in [0.2, 0.25) is 0 Å². The van der Waals surface area contributed by atoms with Gasteiger partial charge in [-0.25, -0.2) is 17.9 Å². The van der Waals surface area contributed by atoms with Crippen LogP contribution >= 0.6 is 0 Å². The number of benzene rings is 2. The fourth-order valence-electron chi connectivity index (χ4n) is 3.09. The highest BCUT2D eigenvalue weighted by atomic mass is 32.2. The van der Waals surface area contributed by atoms with E-state index < -0.39 is 15.8 Å². The lowest BCUT2D eigenvalue weighted by molar-refractivity contribution is 0.454. The average molecular weight is 464 g/mol. The molecule has 0 aliphatic carbocycles. The molecule has 2 aromatic carbocycles. The molecule has 12 heteroatoms. The summed E-state index contributed by atoms with van der Waals surface area (Å²) in [6, 6.07) is 15.7. The van der Waals surface area contributed by atoms with E-state index in [1.165, 1.54) is 29.8 Å². The van der Waals surface area contributed by atoms with Crippen molar-refractivity contribution in [1.82, 2.24) is 24.5 Å². The van der Waals surface area contributed by atoms with Gasteiger partial charge in [0.1, 0.15) is 5.75 Å². The van der Waals surface area contributed by atoms with E-state index in [9.17, 15) is 13.2 Å². The fraction of sp³-hybridized carbons (Fsp3) is 0.0476. The van der Waals surface area contributed by atoms with E-state index in [1.807, 2.05) is 0 Å². The second kappa shape index (κ2) is 7.91. The molecule has 0 atom stereocenters. The fourth-order valence-corrected chi connectivity index (χ4v) is 4.17. The molecule has 0 saturated heterocycles. The highest BCUT2D eigenvalue weighted by Crippen LogP contribution is 2.24. The average Bonchev–Trinajstić information content (AvgIpc) is 3.44. The Kier molecular flexibility index (Phi) is 4.90. The van der Waals surface area contributed by atoms with Crippen LogP contribution in [-0.4, -0.2) is 33.0 Å². The standard InChI is InChI=1S/C21H16N6O5S/c1-26-17-13-16(7-8-18(17)32-21(26)28)33(29,30)25-14-3-5-15(6-4-14)31-20-10-9-19(23-24-20)27-12-2-11-22-27/h2-13,25H,1H3. The summed E-state index contributed by atoms with van der Waals surface area (Å²) in [5.74, 6) is 0.710. The molecule has 5 aromatic rings. The maximum atomic E-state index is 12.8. The van der Waals surface area contributed by atoms with Crippen molar-refractivity contribution in [3.63, 3.8) is 0 Å². The summed E-state index contributed by atoms with van der Waals surface area (Å²) in [4.78, 5) is 11.6. The van der Waals surface area contributed by atoms with Crippen molar-refractivity contribution >= 4 is 26.8 Å². The van der Waals surface area contributed by atoms with Gasteiger partial charge >= 0.3 is 5.76 Å². The normalized spacial score (nSPS) is 11.5. The lowest BCUT2D eigenvalue weighted by atomic mass is 10.3. The Morgan fingerprint density at radius 3 is 2.55 bits per heavy atom. The second-order valence-electron chi connectivity index (χ2n) is 6.97. The number of nitrogens with zero attached hydrogens (tertiary/aromatic N) is 5. The minimum Gasteiger partial charge on any atom is -0.438 e. The number of sulfonamides is 1. The predicted molar refractivity (Wildman–Crippen MR) is 118 cm³/mol. The predicted octanol–water partition coefficient (Wildman–Crippen LogP) is 2.70. The van der Waals surface area contributed by atoms with Gasteiger partial charge in [-0.15, -0.1) is 10.2 Å². The van der Waals surface area contributed by atoms with Gasteiger partial charge in [0.25, 0.3) is 10.0 Å². The summed E-state index contributed by atoms with van der Waals surface area (Å²) in [7, 11) is -2.38. The van der Waals surface area contributed by atoms with Crippen molar-refractivity contribution in [2.24, 2.45) is 7.05 Å². The van der Waals surface area contributed by atoms with Crippen molar-refractivity contribution in [1.29, 1.82) is 0 Å². The van der Waals surface area contributed by atoms with E-state index in [1.54, 1.807) is 59.5 Å². The Hall–Kier alpha value is -4.45. The first-order valence-corrected chi connectivity index (χ1v) is 11.1. The van der Waals surface area contributed by atoms with Crippen molar-refractivity contribution in [2.75, 3.05) is 4.72 Å². The lowest BCUT2D eigenvalue weighted by Gasteiger charge is -2.09. The van der Waals surface area contributed by atoms with Gasteiger partial charge < -0.3 is 9.15 Å². The van der Waals surface area contributed by atoms with Crippen molar-refractivity contribution in [3.05, 3.63) is 83.6 Å². The third-order valence-corrected chi connectivity index (χ3v) is 6.15. The number of hydrogen-bond donors (Lipinski definition) is 1. The van der Waals surface area contributed by atoms with E-state index in [4.69, 9.17) is 9.15 Å². The van der Waals surface area contributed by atoms with Gasteiger partial charge in [0.05, 0.1) is 10.4 Å². The topological polar surface area (TPSA) is 134 Å². The molecule has 0 fully saturated rings. The molecule has 0 bridgehead atoms. The van der Waals surface area contributed by atoms with Crippen LogP contribution in [-0.2, 0) is 17.1 Å². The molecule has 1 N–H and O–H groups in total. The van der Waals surface area contributed by atoms with E-state index in [2.05, 4.69) is 20.0 Å². The van der Waals surface area contributed by atoms with Crippen LogP contribution in [0.1, 0.15) is 0 Å². The van der Waals surface area contributed by atoms with Crippen molar-refractivity contribution < 1.29 is 17.6 Å². The lowest BCUT2D eigenvalue weighted by Crippen LogP contribution is -2.13. The molecular formula is C21H16N6O5S. The molecule has 33 heavy (non-hydrogen) atoms. The van der Waals surface area contributed by atoms with Gasteiger partial charge in [-0.3, -0.25) is 9.29 Å². The Bertz CT molecular complexity index is 1590. The van der Waals surface area contributed by atoms with Crippen LogP contribution in [0.15, 0.2) is 87.2 Å². The van der Waals surface area contributed by atoms with Crippen LogP contribution in [0.3, 0.4) is 0 Å². The first kappa shape index (κ1) is 20.5. The largest absolute Gasteiger partial charge is 0.438 e. The zero-order valence-electron chi connectivity index (χ0n) is 17.1. The monoisotopic (exact) mass is 464 g/mol. The first-order valence-electron chi connectivity index (χ1n) is 9.63. The summed E-state index contributed by atoms with van der Waals surface area (Å²) < 4.78 is 41.6. The van der Waals surface area contributed by atoms with Gasteiger partial charge in [0.2, 0.25) is 5.88 Å². The molecule has 11 nitrogen and oxygen atoms in total. The summed E-state index contributed by atoms with van der Waals surface area (Å²) >= 11 is 0. The molecule has 0 radical (unpaired) electrons. The molecule has 0 spiro atoms. The number of fused-ring (bicyclic) bond motifs is 1. The van der Waals surface area contributed by atoms with Crippen molar-refractivity contribution in [2.45, 2.75) is 4.90 Å². The number of rotatable bonds is 6. The quantitative estimate of drug-likeness (QED) is 0.405. The summed E-state index contributed by atoms with van der Waals surface area (Å²) in [5.41, 5.74) is 1.03. The molecule has 0 amide bonds.